The van der Waals surface area contributed by atoms with E-state index in [2.05, 4.69) is 10.3 Å². The first-order valence-electron chi connectivity index (χ1n) is 5.88. The maximum atomic E-state index is 11.7. The summed E-state index contributed by atoms with van der Waals surface area (Å²) in [5.41, 5.74) is 6.86. The van der Waals surface area contributed by atoms with Gasteiger partial charge in [-0.25, -0.2) is 4.79 Å². The summed E-state index contributed by atoms with van der Waals surface area (Å²) in [5, 5.41) is 2.56. The topological polar surface area (TPSA) is 94.3 Å². The predicted molar refractivity (Wildman–Crippen MR) is 74.0 cm³/mol. The number of carbonyl (C=O) groups is 2. The van der Waals surface area contributed by atoms with Gasteiger partial charge >= 0.3 is 5.97 Å². The molecule has 0 unspecified atom stereocenters. The minimum absolute atomic E-state index is 0.305. The largest absolute Gasteiger partial charge is 0.452 e. The Labute approximate surface area is 115 Å². The second-order valence-corrected chi connectivity index (χ2v) is 3.99. The molecule has 20 heavy (non-hydrogen) atoms. The van der Waals surface area contributed by atoms with E-state index in [4.69, 9.17) is 10.5 Å². The molecule has 1 heterocycles. The Kier molecular flexibility index (Phi) is 4.28. The minimum atomic E-state index is -0.598. The molecule has 1 aromatic heterocycles. The zero-order chi connectivity index (χ0) is 14.4. The molecule has 0 bridgehead atoms. The molecule has 6 nitrogen and oxygen atoms in total. The fraction of sp³-hybridized carbons (Fsp3) is 0.0714. The van der Waals surface area contributed by atoms with Crippen LogP contribution in [-0.4, -0.2) is 23.5 Å². The van der Waals surface area contributed by atoms with Gasteiger partial charge in [0.05, 0.1) is 17.4 Å². The quantitative estimate of drug-likeness (QED) is 0.648. The van der Waals surface area contributed by atoms with Crippen molar-refractivity contribution in [3.63, 3.8) is 0 Å². The highest BCUT2D eigenvalue weighted by molar-refractivity contribution is 5.95. The van der Waals surface area contributed by atoms with E-state index < -0.39 is 11.9 Å². The summed E-state index contributed by atoms with van der Waals surface area (Å²) in [6, 6.07) is 9.73. The van der Waals surface area contributed by atoms with Crippen molar-refractivity contribution in [1.82, 2.24) is 4.98 Å². The van der Waals surface area contributed by atoms with E-state index in [1.54, 1.807) is 36.5 Å². The summed E-state index contributed by atoms with van der Waals surface area (Å²) in [7, 11) is 0. The Morgan fingerprint density at radius 2 is 2.10 bits per heavy atom. The number of carbonyl (C=O) groups excluding carboxylic acids is 2. The van der Waals surface area contributed by atoms with Crippen molar-refractivity contribution in [1.29, 1.82) is 0 Å². The fourth-order valence-corrected chi connectivity index (χ4v) is 1.51. The van der Waals surface area contributed by atoms with Crippen molar-refractivity contribution in [3.05, 3.63) is 54.4 Å². The highest BCUT2D eigenvalue weighted by Crippen LogP contribution is 2.08. The van der Waals surface area contributed by atoms with Crippen LogP contribution < -0.4 is 11.1 Å². The highest BCUT2D eigenvalue weighted by atomic mass is 16.5. The SMILES string of the molecule is Nc1cccc(C(=O)OCC(=O)Nc2cccnc2)c1. The van der Waals surface area contributed by atoms with E-state index in [0.717, 1.165) is 0 Å². The van der Waals surface area contributed by atoms with Crippen LogP contribution in [0.1, 0.15) is 10.4 Å². The number of esters is 1. The summed E-state index contributed by atoms with van der Waals surface area (Å²) in [6.45, 7) is -0.372. The first-order valence-corrected chi connectivity index (χ1v) is 5.88. The van der Waals surface area contributed by atoms with Crippen molar-refractivity contribution >= 4 is 23.3 Å². The normalized spacial score (nSPS) is 9.80. The van der Waals surface area contributed by atoms with Crippen molar-refractivity contribution in [2.75, 3.05) is 17.7 Å². The van der Waals surface area contributed by atoms with Crippen molar-refractivity contribution in [3.8, 4) is 0 Å². The first-order chi connectivity index (χ1) is 9.65. The van der Waals surface area contributed by atoms with Crippen molar-refractivity contribution < 1.29 is 14.3 Å². The van der Waals surface area contributed by atoms with Crippen LogP contribution in [0.2, 0.25) is 0 Å². The molecule has 1 amide bonds. The van der Waals surface area contributed by atoms with Gasteiger partial charge in [0.25, 0.3) is 5.91 Å². The zero-order valence-corrected chi connectivity index (χ0v) is 10.6. The molecule has 102 valence electrons. The number of amides is 1. The molecule has 0 fully saturated rings. The third kappa shape index (κ3) is 3.81. The van der Waals surface area contributed by atoms with E-state index >= 15 is 0 Å². The van der Waals surface area contributed by atoms with Crippen LogP contribution in [0.3, 0.4) is 0 Å². The van der Waals surface area contributed by atoms with Crippen LogP contribution in [0, 0.1) is 0 Å². The zero-order valence-electron chi connectivity index (χ0n) is 10.6. The minimum Gasteiger partial charge on any atom is -0.452 e. The lowest BCUT2D eigenvalue weighted by Gasteiger charge is -2.06. The average Bonchev–Trinajstić information content (AvgIpc) is 2.46. The third-order valence-electron chi connectivity index (χ3n) is 2.40. The highest BCUT2D eigenvalue weighted by Gasteiger charge is 2.10. The van der Waals surface area contributed by atoms with E-state index in [-0.39, 0.29) is 6.61 Å². The average molecular weight is 271 g/mol. The number of hydrogen-bond acceptors (Lipinski definition) is 5. The maximum absolute atomic E-state index is 11.7. The molecular weight excluding hydrogens is 258 g/mol. The number of aromatic nitrogens is 1. The standard InChI is InChI=1S/C14H13N3O3/c15-11-4-1-3-10(7-11)14(19)20-9-13(18)17-12-5-2-6-16-8-12/h1-8H,9,15H2,(H,17,18). The van der Waals surface area contributed by atoms with Gasteiger partial charge in [-0.3, -0.25) is 9.78 Å². The van der Waals surface area contributed by atoms with Crippen LogP contribution in [0.5, 0.6) is 0 Å². The summed E-state index contributed by atoms with van der Waals surface area (Å²) in [6.07, 6.45) is 3.09. The molecule has 0 saturated heterocycles. The number of anilines is 2. The maximum Gasteiger partial charge on any atom is 0.338 e. The second kappa shape index (κ2) is 6.33. The third-order valence-corrected chi connectivity index (χ3v) is 2.40. The molecule has 0 radical (unpaired) electrons. The molecule has 2 rings (SSSR count). The molecule has 0 atom stereocenters. The summed E-state index contributed by atoms with van der Waals surface area (Å²) < 4.78 is 4.89. The molecule has 0 aliphatic rings. The molecule has 6 heteroatoms. The monoisotopic (exact) mass is 271 g/mol. The number of benzene rings is 1. The number of hydrogen-bond donors (Lipinski definition) is 2. The Balaban J connectivity index is 1.86. The number of ether oxygens (including phenoxy) is 1. The Morgan fingerprint density at radius 3 is 2.80 bits per heavy atom. The van der Waals surface area contributed by atoms with Gasteiger partial charge < -0.3 is 15.8 Å². The van der Waals surface area contributed by atoms with Crippen LogP contribution in [-0.2, 0) is 9.53 Å². The molecule has 3 N–H and O–H groups in total. The van der Waals surface area contributed by atoms with Gasteiger partial charge in [-0.2, -0.15) is 0 Å². The Morgan fingerprint density at radius 1 is 1.25 bits per heavy atom. The number of nitrogens with one attached hydrogen (secondary N) is 1. The number of rotatable bonds is 4. The van der Waals surface area contributed by atoms with Crippen LogP contribution in [0.25, 0.3) is 0 Å². The van der Waals surface area contributed by atoms with Crippen LogP contribution in [0.15, 0.2) is 48.8 Å². The Bertz CT molecular complexity index is 614. The number of pyridine rings is 1. The Hall–Kier alpha value is -2.89. The molecule has 0 spiro atoms. The van der Waals surface area contributed by atoms with Crippen LogP contribution >= 0.6 is 0 Å². The van der Waals surface area contributed by atoms with Gasteiger partial charge in [-0.15, -0.1) is 0 Å². The van der Waals surface area contributed by atoms with Gasteiger partial charge in [0.2, 0.25) is 0 Å². The van der Waals surface area contributed by atoms with Gasteiger partial charge in [0.15, 0.2) is 6.61 Å². The lowest BCUT2D eigenvalue weighted by atomic mass is 10.2. The second-order valence-electron chi connectivity index (χ2n) is 3.99. The fourth-order valence-electron chi connectivity index (χ4n) is 1.51. The molecular formula is C14H13N3O3. The van der Waals surface area contributed by atoms with Gasteiger partial charge in [0, 0.05) is 11.9 Å². The van der Waals surface area contributed by atoms with Crippen molar-refractivity contribution in [2.24, 2.45) is 0 Å². The lowest BCUT2D eigenvalue weighted by molar-refractivity contribution is -0.119. The molecule has 0 saturated carbocycles. The van der Waals surface area contributed by atoms with Gasteiger partial charge in [0.1, 0.15) is 0 Å². The van der Waals surface area contributed by atoms with E-state index in [1.807, 2.05) is 0 Å². The van der Waals surface area contributed by atoms with E-state index in [1.165, 1.54) is 12.3 Å². The molecule has 1 aromatic carbocycles. The summed E-state index contributed by atoms with van der Waals surface area (Å²) in [5.74, 6) is -1.03. The van der Waals surface area contributed by atoms with E-state index in [9.17, 15) is 9.59 Å². The number of nitrogen functional groups attached to an aromatic ring is 1. The lowest BCUT2D eigenvalue weighted by Crippen LogP contribution is -2.21. The number of nitrogens with zero attached hydrogens (tertiary/aromatic N) is 1. The summed E-state index contributed by atoms with van der Waals surface area (Å²) in [4.78, 5) is 27.1. The first kappa shape index (κ1) is 13.5. The van der Waals surface area contributed by atoms with E-state index in [0.29, 0.717) is 16.9 Å². The predicted octanol–water partition coefficient (Wildman–Crippen LogP) is 1.46. The van der Waals surface area contributed by atoms with Crippen LogP contribution in [0.4, 0.5) is 11.4 Å². The smallest absolute Gasteiger partial charge is 0.338 e. The number of nitrogens with two attached hydrogens (primary N) is 1. The van der Waals surface area contributed by atoms with Gasteiger partial charge in [-0.05, 0) is 30.3 Å². The molecule has 2 aromatic rings. The molecule has 0 aliphatic carbocycles. The summed E-state index contributed by atoms with van der Waals surface area (Å²) >= 11 is 0. The van der Waals surface area contributed by atoms with Gasteiger partial charge in [-0.1, -0.05) is 6.07 Å². The molecule has 0 aliphatic heterocycles. The van der Waals surface area contributed by atoms with Crippen molar-refractivity contribution in [2.45, 2.75) is 0 Å².